The Morgan fingerprint density at radius 3 is 2.71 bits per heavy atom. The van der Waals surface area contributed by atoms with Gasteiger partial charge in [0.1, 0.15) is 11.6 Å². The van der Waals surface area contributed by atoms with Gasteiger partial charge in [0, 0.05) is 5.56 Å². The molecule has 0 aliphatic carbocycles. The molecule has 3 N–H and O–H groups in total. The van der Waals surface area contributed by atoms with Gasteiger partial charge in [-0.25, -0.2) is 4.39 Å². The summed E-state index contributed by atoms with van der Waals surface area (Å²) in [6, 6.07) is 14.2. The molecule has 0 saturated carbocycles. The predicted molar refractivity (Wildman–Crippen MR) is 82.4 cm³/mol. The fraction of sp³-hybridized carbons (Fsp3) is 0.294. The fourth-order valence-corrected chi connectivity index (χ4v) is 2.27. The molecule has 112 valence electrons. The molecular weight excluding hydrogens is 267 g/mol. The van der Waals surface area contributed by atoms with Crippen LogP contribution in [-0.4, -0.2) is 6.61 Å². The second-order valence-electron chi connectivity index (χ2n) is 4.94. The molecule has 0 amide bonds. The van der Waals surface area contributed by atoms with E-state index >= 15 is 0 Å². The van der Waals surface area contributed by atoms with Crippen LogP contribution in [-0.2, 0) is 6.42 Å². The maximum Gasteiger partial charge on any atom is 0.124 e. The molecule has 21 heavy (non-hydrogen) atoms. The summed E-state index contributed by atoms with van der Waals surface area (Å²) >= 11 is 0. The minimum absolute atomic E-state index is 0.125. The van der Waals surface area contributed by atoms with E-state index in [9.17, 15) is 4.39 Å². The van der Waals surface area contributed by atoms with Crippen molar-refractivity contribution < 1.29 is 9.13 Å². The third-order valence-corrected chi connectivity index (χ3v) is 3.29. The Morgan fingerprint density at radius 2 is 2.00 bits per heavy atom. The molecule has 0 saturated heterocycles. The van der Waals surface area contributed by atoms with Crippen LogP contribution in [0.4, 0.5) is 4.39 Å². The molecule has 3 nitrogen and oxygen atoms in total. The lowest BCUT2D eigenvalue weighted by molar-refractivity contribution is 0.310. The molecule has 2 aromatic carbocycles. The Hall–Kier alpha value is -1.91. The number of hydrogen-bond donors (Lipinski definition) is 2. The first-order valence-corrected chi connectivity index (χ1v) is 7.17. The van der Waals surface area contributed by atoms with E-state index in [1.165, 1.54) is 12.1 Å². The molecule has 0 aliphatic heterocycles. The van der Waals surface area contributed by atoms with Crippen LogP contribution in [0.5, 0.6) is 5.75 Å². The topological polar surface area (TPSA) is 47.3 Å². The number of hydrogen-bond acceptors (Lipinski definition) is 3. The predicted octanol–water partition coefficient (Wildman–Crippen LogP) is 3.36. The molecule has 0 bridgehead atoms. The summed E-state index contributed by atoms with van der Waals surface area (Å²) in [5, 5.41) is 0. The van der Waals surface area contributed by atoms with E-state index < -0.39 is 0 Å². The number of halogens is 1. The van der Waals surface area contributed by atoms with Crippen molar-refractivity contribution >= 4 is 0 Å². The van der Waals surface area contributed by atoms with E-state index in [0.717, 1.165) is 23.3 Å². The summed E-state index contributed by atoms with van der Waals surface area (Å²) in [5.74, 6) is 6.27. The molecule has 0 fully saturated rings. The highest BCUT2D eigenvalue weighted by Crippen LogP contribution is 2.27. The number of para-hydroxylation sites is 1. The number of ether oxygens (including phenoxy) is 1. The van der Waals surface area contributed by atoms with Crippen molar-refractivity contribution in [3.63, 3.8) is 0 Å². The zero-order valence-corrected chi connectivity index (χ0v) is 12.2. The number of rotatable bonds is 7. The summed E-state index contributed by atoms with van der Waals surface area (Å²) in [5.41, 5.74) is 4.68. The van der Waals surface area contributed by atoms with Crippen molar-refractivity contribution in [1.82, 2.24) is 5.43 Å². The van der Waals surface area contributed by atoms with Gasteiger partial charge in [-0.1, -0.05) is 37.3 Å². The Morgan fingerprint density at radius 1 is 1.19 bits per heavy atom. The molecule has 1 unspecified atom stereocenters. The first-order chi connectivity index (χ1) is 10.2. The third-order valence-electron chi connectivity index (χ3n) is 3.29. The molecule has 2 aromatic rings. The van der Waals surface area contributed by atoms with Crippen LogP contribution in [0, 0.1) is 5.82 Å². The van der Waals surface area contributed by atoms with Crippen LogP contribution < -0.4 is 16.0 Å². The molecule has 0 aliphatic rings. The lowest BCUT2D eigenvalue weighted by atomic mass is 9.98. The quantitative estimate of drug-likeness (QED) is 0.606. The Balaban J connectivity index is 2.20. The maximum atomic E-state index is 13.3. The van der Waals surface area contributed by atoms with Gasteiger partial charge in [-0.15, -0.1) is 0 Å². The zero-order valence-electron chi connectivity index (χ0n) is 12.2. The SMILES string of the molecule is CCCOc1ccccc1C(Cc1cccc(F)c1)NN. The molecule has 2 rings (SSSR count). The standard InChI is InChI=1S/C17H21FN2O/c1-2-10-21-17-9-4-3-8-15(17)16(20-19)12-13-6-5-7-14(18)11-13/h3-9,11,16,20H,2,10,12,19H2,1H3. The van der Waals surface area contributed by atoms with E-state index in [-0.39, 0.29) is 11.9 Å². The van der Waals surface area contributed by atoms with Gasteiger partial charge in [0.25, 0.3) is 0 Å². The molecule has 0 heterocycles. The van der Waals surface area contributed by atoms with Gasteiger partial charge in [-0.2, -0.15) is 0 Å². The van der Waals surface area contributed by atoms with Gasteiger partial charge in [-0.05, 0) is 36.6 Å². The van der Waals surface area contributed by atoms with Crippen LogP contribution in [0.25, 0.3) is 0 Å². The van der Waals surface area contributed by atoms with Gasteiger partial charge in [0.2, 0.25) is 0 Å². The summed E-state index contributed by atoms with van der Waals surface area (Å²) in [4.78, 5) is 0. The number of benzene rings is 2. The average molecular weight is 288 g/mol. The third kappa shape index (κ3) is 4.28. The van der Waals surface area contributed by atoms with Crippen molar-refractivity contribution in [3.8, 4) is 5.75 Å². The number of nitrogens with two attached hydrogens (primary N) is 1. The lowest BCUT2D eigenvalue weighted by Gasteiger charge is -2.20. The highest BCUT2D eigenvalue weighted by molar-refractivity contribution is 5.37. The van der Waals surface area contributed by atoms with Gasteiger partial charge in [0.05, 0.1) is 12.6 Å². The summed E-state index contributed by atoms with van der Waals surface area (Å²) in [6.07, 6.45) is 1.54. The molecular formula is C17H21FN2O. The first kappa shape index (κ1) is 15.5. The monoisotopic (exact) mass is 288 g/mol. The molecule has 1 atom stereocenters. The minimum Gasteiger partial charge on any atom is -0.493 e. The van der Waals surface area contributed by atoms with Crippen LogP contribution in [0.1, 0.15) is 30.5 Å². The van der Waals surface area contributed by atoms with Crippen LogP contribution in [0.3, 0.4) is 0 Å². The summed E-state index contributed by atoms with van der Waals surface area (Å²) in [7, 11) is 0. The lowest BCUT2D eigenvalue weighted by Crippen LogP contribution is -2.30. The van der Waals surface area contributed by atoms with E-state index in [0.29, 0.717) is 13.0 Å². The highest BCUT2D eigenvalue weighted by atomic mass is 19.1. The molecule has 4 heteroatoms. The minimum atomic E-state index is -0.237. The summed E-state index contributed by atoms with van der Waals surface area (Å²) in [6.45, 7) is 2.72. The average Bonchev–Trinajstić information content (AvgIpc) is 2.51. The van der Waals surface area contributed by atoms with Crippen LogP contribution in [0.2, 0.25) is 0 Å². The maximum absolute atomic E-state index is 13.3. The fourth-order valence-electron chi connectivity index (χ4n) is 2.27. The number of hydrazine groups is 1. The highest BCUT2D eigenvalue weighted by Gasteiger charge is 2.15. The largest absolute Gasteiger partial charge is 0.493 e. The first-order valence-electron chi connectivity index (χ1n) is 7.17. The summed E-state index contributed by atoms with van der Waals surface area (Å²) < 4.78 is 19.1. The van der Waals surface area contributed by atoms with Crippen LogP contribution in [0.15, 0.2) is 48.5 Å². The van der Waals surface area contributed by atoms with Gasteiger partial charge < -0.3 is 4.74 Å². The van der Waals surface area contributed by atoms with Gasteiger partial charge in [-0.3, -0.25) is 11.3 Å². The Bertz CT molecular complexity index is 574. The van der Waals surface area contributed by atoms with Crippen molar-refractivity contribution in [2.24, 2.45) is 5.84 Å². The number of nitrogens with one attached hydrogen (secondary N) is 1. The van der Waals surface area contributed by atoms with E-state index in [1.807, 2.05) is 30.3 Å². The smallest absolute Gasteiger partial charge is 0.124 e. The van der Waals surface area contributed by atoms with Crippen molar-refractivity contribution in [2.45, 2.75) is 25.8 Å². The second kappa shape index (κ2) is 7.76. The van der Waals surface area contributed by atoms with Crippen molar-refractivity contribution in [3.05, 3.63) is 65.5 Å². The second-order valence-corrected chi connectivity index (χ2v) is 4.94. The van der Waals surface area contributed by atoms with Crippen molar-refractivity contribution in [1.29, 1.82) is 0 Å². The van der Waals surface area contributed by atoms with Gasteiger partial charge in [0.15, 0.2) is 0 Å². The normalized spacial score (nSPS) is 12.1. The van der Waals surface area contributed by atoms with E-state index in [2.05, 4.69) is 12.3 Å². The Labute approximate surface area is 124 Å². The van der Waals surface area contributed by atoms with Gasteiger partial charge >= 0.3 is 0 Å². The zero-order chi connectivity index (χ0) is 15.1. The Kier molecular flexibility index (Phi) is 5.72. The van der Waals surface area contributed by atoms with E-state index in [4.69, 9.17) is 10.6 Å². The molecule has 0 radical (unpaired) electrons. The molecule has 0 aromatic heterocycles. The molecule has 0 spiro atoms. The van der Waals surface area contributed by atoms with E-state index in [1.54, 1.807) is 6.07 Å². The van der Waals surface area contributed by atoms with Crippen molar-refractivity contribution in [2.75, 3.05) is 6.61 Å². The van der Waals surface area contributed by atoms with Crippen LogP contribution >= 0.6 is 0 Å².